The molecule has 0 saturated carbocycles. The summed E-state index contributed by atoms with van der Waals surface area (Å²) in [6, 6.07) is 0. The Morgan fingerprint density at radius 2 is 1.25 bits per heavy atom. The van der Waals surface area contributed by atoms with Crippen molar-refractivity contribution < 1.29 is 39.9 Å². The van der Waals surface area contributed by atoms with E-state index in [0.29, 0.717) is 4.90 Å². The molecule has 0 bridgehead atoms. The van der Waals surface area contributed by atoms with Gasteiger partial charge in [0.2, 0.25) is 0 Å². The molecule has 0 aliphatic carbocycles. The van der Waals surface area contributed by atoms with E-state index in [-0.39, 0.29) is 26.3 Å². The van der Waals surface area contributed by atoms with E-state index < -0.39 is 55.6 Å². The Labute approximate surface area is 132 Å². The largest absolute Gasteiger partial charge is 0.393 e. The second kappa shape index (κ2) is 6.93. The Morgan fingerprint density at radius 1 is 0.792 bits per heavy atom. The minimum Gasteiger partial charge on any atom is -0.378 e. The number of halogens is 8. The van der Waals surface area contributed by atoms with Gasteiger partial charge in [-0.2, -0.15) is 35.1 Å². The van der Waals surface area contributed by atoms with Crippen molar-refractivity contribution in [2.75, 3.05) is 39.4 Å². The lowest BCUT2D eigenvalue weighted by Crippen LogP contribution is -2.52. The van der Waals surface area contributed by atoms with E-state index in [1.165, 1.54) is 0 Å². The third kappa shape index (κ3) is 4.42. The minimum atomic E-state index is -4.88. The van der Waals surface area contributed by atoms with E-state index in [2.05, 4.69) is 0 Å². The van der Waals surface area contributed by atoms with Crippen LogP contribution in [-0.2, 0) is 4.74 Å². The standard InChI is InChI=1S/C13H16F8N2O/c14-10(15)11(22-1-3-24-4-2-22)23-6-8(12(16,17)18)5-9(7-23)13(19,20)21/h8-9H,1-7H2. The Bertz CT molecular complexity index is 444. The number of alkyl halides is 6. The Hall–Kier alpha value is -1.26. The lowest BCUT2D eigenvalue weighted by atomic mass is 9.88. The van der Waals surface area contributed by atoms with Crippen molar-refractivity contribution >= 4 is 0 Å². The zero-order chi connectivity index (χ0) is 18.1. The maximum atomic E-state index is 13.3. The summed E-state index contributed by atoms with van der Waals surface area (Å²) < 4.78 is 109. The van der Waals surface area contributed by atoms with Crippen molar-refractivity contribution in [3.05, 3.63) is 11.9 Å². The number of ether oxygens (including phenoxy) is 1. The van der Waals surface area contributed by atoms with Crippen molar-refractivity contribution in [3.63, 3.8) is 0 Å². The maximum Gasteiger partial charge on any atom is 0.393 e. The Kier molecular flexibility index (Phi) is 5.50. The summed E-state index contributed by atoms with van der Waals surface area (Å²) in [5.41, 5.74) is 0. The molecule has 2 rings (SSSR count). The molecule has 0 radical (unpaired) electrons. The highest BCUT2D eigenvalue weighted by Gasteiger charge is 2.52. The van der Waals surface area contributed by atoms with Gasteiger partial charge in [-0.05, 0) is 6.42 Å². The molecule has 0 spiro atoms. The molecule has 0 aromatic carbocycles. The van der Waals surface area contributed by atoms with Crippen LogP contribution in [0.3, 0.4) is 0 Å². The summed E-state index contributed by atoms with van der Waals surface area (Å²) in [6.07, 6.45) is -13.2. The molecule has 0 N–H and O–H groups in total. The third-order valence-electron chi connectivity index (χ3n) is 4.16. The van der Waals surface area contributed by atoms with Gasteiger partial charge in [0.05, 0.1) is 25.0 Å². The van der Waals surface area contributed by atoms with Gasteiger partial charge in [-0.25, -0.2) is 0 Å². The predicted molar refractivity (Wildman–Crippen MR) is 66.9 cm³/mol. The van der Waals surface area contributed by atoms with Crippen LogP contribution < -0.4 is 0 Å². The van der Waals surface area contributed by atoms with E-state index in [0.717, 1.165) is 4.90 Å². The second-order valence-corrected chi connectivity index (χ2v) is 5.80. The van der Waals surface area contributed by atoms with Crippen LogP contribution in [-0.4, -0.2) is 61.5 Å². The van der Waals surface area contributed by atoms with Gasteiger partial charge >= 0.3 is 18.4 Å². The molecule has 0 amide bonds. The van der Waals surface area contributed by atoms with E-state index in [1.54, 1.807) is 0 Å². The molecule has 2 aliphatic rings. The van der Waals surface area contributed by atoms with Crippen molar-refractivity contribution in [3.8, 4) is 0 Å². The number of hydrogen-bond acceptors (Lipinski definition) is 3. The second-order valence-electron chi connectivity index (χ2n) is 5.80. The van der Waals surface area contributed by atoms with Gasteiger partial charge in [-0.3, -0.25) is 0 Å². The van der Waals surface area contributed by atoms with Crippen molar-refractivity contribution in [1.29, 1.82) is 0 Å². The molecule has 140 valence electrons. The average Bonchev–Trinajstić information content (AvgIpc) is 2.46. The first-order valence-electron chi connectivity index (χ1n) is 7.26. The average molecular weight is 368 g/mol. The number of morpholine rings is 1. The molecule has 2 atom stereocenters. The van der Waals surface area contributed by atoms with Gasteiger partial charge in [0.25, 0.3) is 0 Å². The Morgan fingerprint density at radius 3 is 1.62 bits per heavy atom. The lowest BCUT2D eigenvalue weighted by Gasteiger charge is -2.44. The van der Waals surface area contributed by atoms with Gasteiger partial charge in [-0.15, -0.1) is 0 Å². The number of hydrogen-bond donors (Lipinski definition) is 0. The van der Waals surface area contributed by atoms with Gasteiger partial charge in [0, 0.05) is 26.2 Å². The minimum absolute atomic E-state index is 0.0173. The topological polar surface area (TPSA) is 15.7 Å². The molecule has 2 heterocycles. The van der Waals surface area contributed by atoms with Crippen molar-refractivity contribution in [2.24, 2.45) is 11.8 Å². The molecule has 2 unspecified atom stereocenters. The quantitative estimate of drug-likeness (QED) is 0.695. The molecule has 2 saturated heterocycles. The van der Waals surface area contributed by atoms with Gasteiger partial charge in [-0.1, -0.05) is 0 Å². The van der Waals surface area contributed by atoms with E-state index >= 15 is 0 Å². The van der Waals surface area contributed by atoms with Crippen LogP contribution in [0.25, 0.3) is 0 Å². The third-order valence-corrected chi connectivity index (χ3v) is 4.16. The zero-order valence-corrected chi connectivity index (χ0v) is 12.4. The first-order chi connectivity index (χ1) is 11.0. The van der Waals surface area contributed by atoms with Crippen LogP contribution >= 0.6 is 0 Å². The molecule has 3 nitrogen and oxygen atoms in total. The molecule has 11 heteroatoms. The van der Waals surface area contributed by atoms with Crippen molar-refractivity contribution in [2.45, 2.75) is 18.8 Å². The van der Waals surface area contributed by atoms with E-state index in [9.17, 15) is 35.1 Å². The Balaban J connectivity index is 2.29. The summed E-state index contributed by atoms with van der Waals surface area (Å²) in [7, 11) is 0. The molecule has 2 aliphatic heterocycles. The summed E-state index contributed by atoms with van der Waals surface area (Å²) in [5.74, 6) is -5.48. The number of nitrogens with zero attached hydrogens (tertiary/aromatic N) is 2. The number of likely N-dealkylation sites (tertiary alicyclic amines) is 1. The molecule has 24 heavy (non-hydrogen) atoms. The normalized spacial score (nSPS) is 26.5. The SMILES string of the molecule is FC(F)=C(N1CCOCC1)N1CC(C(F)(F)F)CC(C(F)(F)F)C1. The highest BCUT2D eigenvalue weighted by atomic mass is 19.4. The van der Waals surface area contributed by atoms with Crippen LogP contribution in [0.1, 0.15) is 6.42 Å². The zero-order valence-electron chi connectivity index (χ0n) is 12.4. The molecule has 0 aromatic heterocycles. The fraction of sp³-hybridized carbons (Fsp3) is 0.846. The van der Waals surface area contributed by atoms with Gasteiger partial charge < -0.3 is 14.5 Å². The monoisotopic (exact) mass is 368 g/mol. The van der Waals surface area contributed by atoms with Crippen LogP contribution in [0.2, 0.25) is 0 Å². The summed E-state index contributed by atoms with van der Waals surface area (Å²) in [5, 5.41) is 0. The molecule has 0 aromatic rings. The van der Waals surface area contributed by atoms with E-state index in [4.69, 9.17) is 4.74 Å². The maximum absolute atomic E-state index is 13.3. The van der Waals surface area contributed by atoms with Crippen LogP contribution in [0.4, 0.5) is 35.1 Å². The van der Waals surface area contributed by atoms with Crippen LogP contribution in [0, 0.1) is 11.8 Å². The van der Waals surface area contributed by atoms with Crippen LogP contribution in [0.15, 0.2) is 11.9 Å². The summed E-state index contributed by atoms with van der Waals surface area (Å²) in [6.45, 7) is -1.71. The molecule has 2 fully saturated rings. The smallest absolute Gasteiger partial charge is 0.378 e. The first kappa shape index (κ1) is 19.1. The van der Waals surface area contributed by atoms with Crippen LogP contribution in [0.5, 0.6) is 0 Å². The van der Waals surface area contributed by atoms with Gasteiger partial charge in [0.15, 0.2) is 5.82 Å². The number of piperidine rings is 1. The highest BCUT2D eigenvalue weighted by Crippen LogP contribution is 2.43. The first-order valence-corrected chi connectivity index (χ1v) is 7.26. The summed E-state index contributed by atoms with van der Waals surface area (Å²) >= 11 is 0. The molecular weight excluding hydrogens is 352 g/mol. The fourth-order valence-corrected chi connectivity index (χ4v) is 2.96. The van der Waals surface area contributed by atoms with E-state index in [1.807, 2.05) is 0 Å². The fourth-order valence-electron chi connectivity index (χ4n) is 2.96. The predicted octanol–water partition coefficient (Wildman–Crippen LogP) is 3.45. The summed E-state index contributed by atoms with van der Waals surface area (Å²) in [4.78, 5) is 1.59. The van der Waals surface area contributed by atoms with Gasteiger partial charge in [0.1, 0.15) is 0 Å². The number of rotatable bonds is 2. The lowest BCUT2D eigenvalue weighted by molar-refractivity contribution is -0.230. The highest BCUT2D eigenvalue weighted by molar-refractivity contribution is 5.05. The molecular formula is C13H16F8N2O. The van der Waals surface area contributed by atoms with Crippen molar-refractivity contribution in [1.82, 2.24) is 9.80 Å².